The van der Waals surface area contributed by atoms with Crippen molar-refractivity contribution in [3.05, 3.63) is 237 Å². The average molecular weight is 702 g/mol. The number of rotatable bonds is 9. The molecule has 0 aromatic heterocycles. The number of benzene rings is 9. The molecule has 0 aliphatic heterocycles. The third kappa shape index (κ3) is 7.25. The van der Waals surface area contributed by atoms with Gasteiger partial charge in [0.05, 0.1) is 0 Å². The van der Waals surface area contributed by atoms with Crippen LogP contribution in [0, 0.1) is 0 Å². The Balaban J connectivity index is 0.996. The van der Waals surface area contributed by atoms with E-state index < -0.39 is 0 Å². The summed E-state index contributed by atoms with van der Waals surface area (Å²) in [5.74, 6) is 0. The van der Waals surface area contributed by atoms with Crippen molar-refractivity contribution >= 4 is 17.1 Å². The summed E-state index contributed by atoms with van der Waals surface area (Å²) in [4.78, 5) is 2.33. The summed E-state index contributed by atoms with van der Waals surface area (Å²) in [7, 11) is 0. The lowest BCUT2D eigenvalue weighted by Gasteiger charge is -2.26. The summed E-state index contributed by atoms with van der Waals surface area (Å²) >= 11 is 0. The zero-order chi connectivity index (χ0) is 36.8. The number of nitrogens with zero attached hydrogens (tertiary/aromatic N) is 1. The van der Waals surface area contributed by atoms with Crippen LogP contribution in [0.1, 0.15) is 0 Å². The largest absolute Gasteiger partial charge is 0.311 e. The second-order valence-corrected chi connectivity index (χ2v) is 13.8. The first-order chi connectivity index (χ1) is 27.3. The number of hydrogen-bond acceptors (Lipinski definition) is 1. The highest BCUT2D eigenvalue weighted by atomic mass is 15.1. The van der Waals surface area contributed by atoms with Crippen LogP contribution in [0.5, 0.6) is 0 Å². The van der Waals surface area contributed by atoms with E-state index in [1.807, 2.05) is 0 Å². The molecule has 260 valence electrons. The van der Waals surface area contributed by atoms with E-state index >= 15 is 0 Å². The summed E-state index contributed by atoms with van der Waals surface area (Å²) < 4.78 is 0. The van der Waals surface area contributed by atoms with Crippen molar-refractivity contribution in [1.29, 1.82) is 0 Å². The molecule has 1 heteroatoms. The van der Waals surface area contributed by atoms with Crippen molar-refractivity contribution in [3.63, 3.8) is 0 Å². The molecule has 0 radical (unpaired) electrons. The molecule has 0 fully saturated rings. The molecule has 0 heterocycles. The van der Waals surface area contributed by atoms with E-state index in [-0.39, 0.29) is 0 Å². The van der Waals surface area contributed by atoms with Gasteiger partial charge in [0.1, 0.15) is 0 Å². The van der Waals surface area contributed by atoms with Gasteiger partial charge in [-0.15, -0.1) is 0 Å². The van der Waals surface area contributed by atoms with Crippen molar-refractivity contribution < 1.29 is 0 Å². The van der Waals surface area contributed by atoms with Gasteiger partial charge in [0.25, 0.3) is 0 Å². The highest BCUT2D eigenvalue weighted by molar-refractivity contribution is 5.86. The molecule has 0 bridgehead atoms. The van der Waals surface area contributed by atoms with E-state index in [1.165, 1.54) is 66.8 Å². The van der Waals surface area contributed by atoms with Gasteiger partial charge >= 0.3 is 0 Å². The van der Waals surface area contributed by atoms with Crippen LogP contribution >= 0.6 is 0 Å². The summed E-state index contributed by atoms with van der Waals surface area (Å²) in [6.45, 7) is 0. The lowest BCUT2D eigenvalue weighted by Crippen LogP contribution is -2.09. The summed E-state index contributed by atoms with van der Waals surface area (Å²) in [6, 6.07) is 84.8. The topological polar surface area (TPSA) is 3.24 Å². The van der Waals surface area contributed by atoms with Crippen LogP contribution in [0.2, 0.25) is 0 Å². The molecule has 0 aliphatic carbocycles. The van der Waals surface area contributed by atoms with E-state index in [1.54, 1.807) is 0 Å². The van der Waals surface area contributed by atoms with Gasteiger partial charge in [-0.2, -0.15) is 0 Å². The van der Waals surface area contributed by atoms with Crippen LogP contribution in [-0.2, 0) is 0 Å². The molecule has 0 spiro atoms. The van der Waals surface area contributed by atoms with Gasteiger partial charge in [0, 0.05) is 17.1 Å². The van der Waals surface area contributed by atoms with Crippen LogP contribution in [-0.4, -0.2) is 0 Å². The minimum atomic E-state index is 1.10. The van der Waals surface area contributed by atoms with Crippen molar-refractivity contribution in [2.45, 2.75) is 0 Å². The summed E-state index contributed by atoms with van der Waals surface area (Å²) in [5.41, 5.74) is 17.8. The molecular weight excluding hydrogens is 663 g/mol. The van der Waals surface area contributed by atoms with Gasteiger partial charge in [0.2, 0.25) is 0 Å². The summed E-state index contributed by atoms with van der Waals surface area (Å²) in [6.07, 6.45) is 0. The Bertz CT molecular complexity index is 2530. The number of hydrogen-bond donors (Lipinski definition) is 0. The Morgan fingerprint density at radius 2 is 0.364 bits per heavy atom. The van der Waals surface area contributed by atoms with Gasteiger partial charge in [0.15, 0.2) is 0 Å². The molecule has 0 saturated carbocycles. The fourth-order valence-corrected chi connectivity index (χ4v) is 7.42. The van der Waals surface area contributed by atoms with Crippen LogP contribution in [0.25, 0.3) is 66.8 Å². The van der Waals surface area contributed by atoms with E-state index in [0.29, 0.717) is 0 Å². The molecular formula is C54H39N. The Kier molecular flexibility index (Phi) is 9.41. The van der Waals surface area contributed by atoms with Gasteiger partial charge < -0.3 is 4.90 Å². The maximum atomic E-state index is 2.33. The van der Waals surface area contributed by atoms with E-state index in [4.69, 9.17) is 0 Å². The van der Waals surface area contributed by atoms with Crippen molar-refractivity contribution in [2.24, 2.45) is 0 Å². The van der Waals surface area contributed by atoms with E-state index in [9.17, 15) is 0 Å². The molecule has 55 heavy (non-hydrogen) atoms. The van der Waals surface area contributed by atoms with Gasteiger partial charge in [-0.1, -0.05) is 200 Å². The Hall–Kier alpha value is -7.22. The van der Waals surface area contributed by atoms with Gasteiger partial charge in [-0.25, -0.2) is 0 Å². The Morgan fingerprint density at radius 1 is 0.164 bits per heavy atom. The zero-order valence-corrected chi connectivity index (χ0v) is 30.5. The minimum absolute atomic E-state index is 1.10. The predicted molar refractivity (Wildman–Crippen MR) is 234 cm³/mol. The standard InChI is InChI=1S/C54H39N/c1-4-12-40(13-5-1)43-20-24-48(25-21-43)53-18-10-11-19-54(53)49-26-22-44(23-27-49)47-32-38-52(39-33-47)55(50-34-28-45(29-35-50)41-14-6-2-7-15-41)51-36-30-46(31-37-51)42-16-8-3-9-17-42/h1-39H. The van der Waals surface area contributed by atoms with Crippen LogP contribution in [0.15, 0.2) is 237 Å². The molecule has 0 saturated heterocycles. The third-order valence-electron chi connectivity index (χ3n) is 10.4. The molecule has 0 N–H and O–H groups in total. The second-order valence-electron chi connectivity index (χ2n) is 13.8. The highest BCUT2D eigenvalue weighted by Crippen LogP contribution is 2.39. The van der Waals surface area contributed by atoms with Crippen molar-refractivity contribution in [3.8, 4) is 66.8 Å². The van der Waals surface area contributed by atoms with E-state index in [2.05, 4.69) is 241 Å². The normalized spacial score (nSPS) is 10.9. The van der Waals surface area contributed by atoms with Gasteiger partial charge in [-0.3, -0.25) is 0 Å². The molecule has 0 aliphatic rings. The molecule has 0 amide bonds. The van der Waals surface area contributed by atoms with E-state index in [0.717, 1.165) is 17.1 Å². The fraction of sp³-hybridized carbons (Fsp3) is 0. The molecule has 9 aromatic rings. The Labute approximate surface area is 324 Å². The molecule has 0 atom stereocenters. The maximum absolute atomic E-state index is 2.33. The van der Waals surface area contributed by atoms with Gasteiger partial charge in [-0.05, 0) is 103 Å². The molecule has 9 aromatic carbocycles. The average Bonchev–Trinajstić information content (AvgIpc) is 3.28. The first kappa shape index (κ1) is 33.6. The molecule has 0 unspecified atom stereocenters. The fourth-order valence-electron chi connectivity index (χ4n) is 7.42. The lowest BCUT2D eigenvalue weighted by atomic mass is 9.92. The zero-order valence-electron chi connectivity index (χ0n) is 30.5. The van der Waals surface area contributed by atoms with Crippen molar-refractivity contribution in [1.82, 2.24) is 0 Å². The number of anilines is 3. The SMILES string of the molecule is c1ccc(-c2ccc(-c3ccccc3-c3ccc(-c4ccc(N(c5ccc(-c6ccccc6)cc5)c5ccc(-c6ccccc6)cc5)cc4)cc3)cc2)cc1. The lowest BCUT2D eigenvalue weighted by molar-refractivity contribution is 1.28. The quantitative estimate of drug-likeness (QED) is 0.145. The first-order valence-electron chi connectivity index (χ1n) is 18.8. The molecule has 1 nitrogen and oxygen atoms in total. The smallest absolute Gasteiger partial charge is 0.0462 e. The highest BCUT2D eigenvalue weighted by Gasteiger charge is 2.14. The second kappa shape index (κ2) is 15.4. The first-order valence-corrected chi connectivity index (χ1v) is 18.8. The Morgan fingerprint density at radius 3 is 0.636 bits per heavy atom. The van der Waals surface area contributed by atoms with Crippen LogP contribution in [0.4, 0.5) is 17.1 Å². The maximum Gasteiger partial charge on any atom is 0.0462 e. The minimum Gasteiger partial charge on any atom is -0.311 e. The predicted octanol–water partition coefficient (Wildman–Crippen LogP) is 15.2. The van der Waals surface area contributed by atoms with Crippen LogP contribution < -0.4 is 4.90 Å². The summed E-state index contributed by atoms with van der Waals surface area (Å²) in [5, 5.41) is 0. The van der Waals surface area contributed by atoms with Crippen molar-refractivity contribution in [2.75, 3.05) is 4.90 Å². The monoisotopic (exact) mass is 701 g/mol. The molecule has 9 rings (SSSR count). The van der Waals surface area contributed by atoms with Crippen LogP contribution in [0.3, 0.4) is 0 Å². The third-order valence-corrected chi connectivity index (χ3v) is 10.4.